The fourth-order valence-corrected chi connectivity index (χ4v) is 4.17. The summed E-state index contributed by atoms with van der Waals surface area (Å²) in [7, 11) is 0. The maximum absolute atomic E-state index is 12.7. The van der Waals surface area contributed by atoms with Gasteiger partial charge in [0.15, 0.2) is 5.82 Å². The molecule has 3 heterocycles. The molecule has 1 aliphatic heterocycles. The van der Waals surface area contributed by atoms with Crippen molar-refractivity contribution in [1.82, 2.24) is 19.9 Å². The van der Waals surface area contributed by atoms with Crippen molar-refractivity contribution in [3.8, 4) is 11.5 Å². The van der Waals surface area contributed by atoms with E-state index in [2.05, 4.69) is 10.1 Å². The number of amides is 2. The zero-order valence-electron chi connectivity index (χ0n) is 16.4. The molecule has 1 aliphatic rings. The molecule has 0 N–H and O–H groups in total. The first-order chi connectivity index (χ1) is 14.0. The van der Waals surface area contributed by atoms with Crippen LogP contribution in [0.2, 0.25) is 0 Å². The van der Waals surface area contributed by atoms with Crippen LogP contribution in [0, 0.1) is 6.92 Å². The number of hydrogen-bond donors (Lipinski definition) is 0. The largest absolute Gasteiger partial charge is 0.338 e. The Morgan fingerprint density at radius 1 is 1.24 bits per heavy atom. The fourth-order valence-electron chi connectivity index (χ4n) is 3.50. The van der Waals surface area contributed by atoms with Gasteiger partial charge >= 0.3 is 0 Å². The monoisotopic (exact) mass is 410 g/mol. The second-order valence-electron chi connectivity index (χ2n) is 7.23. The molecule has 1 saturated heterocycles. The zero-order chi connectivity index (χ0) is 20.4. The summed E-state index contributed by atoms with van der Waals surface area (Å²) >= 11 is 1.44. The normalized spacial score (nSPS) is 16.8. The average molecular weight is 410 g/mol. The standard InChI is InChI=1S/C21H22N4O3S/c1-14-5-3-6-16(11-14)20-22-18(23-28-20)12-19(26)24-8-9-25(15(2)13-24)21(27)17-7-4-10-29-17/h3-7,10-11,15H,8-9,12-13H2,1-2H3/t15-/m0/s1. The summed E-state index contributed by atoms with van der Waals surface area (Å²) in [6, 6.07) is 11.4. The summed E-state index contributed by atoms with van der Waals surface area (Å²) in [5, 5.41) is 5.85. The summed E-state index contributed by atoms with van der Waals surface area (Å²) in [6.07, 6.45) is 0.0842. The van der Waals surface area contributed by atoms with E-state index >= 15 is 0 Å². The van der Waals surface area contributed by atoms with Crippen molar-refractivity contribution in [1.29, 1.82) is 0 Å². The van der Waals surface area contributed by atoms with E-state index in [0.717, 1.165) is 16.0 Å². The molecule has 4 rings (SSSR count). The highest BCUT2D eigenvalue weighted by Gasteiger charge is 2.31. The second-order valence-corrected chi connectivity index (χ2v) is 8.17. The van der Waals surface area contributed by atoms with Crippen molar-refractivity contribution in [2.24, 2.45) is 0 Å². The van der Waals surface area contributed by atoms with Crippen molar-refractivity contribution in [2.45, 2.75) is 26.3 Å². The summed E-state index contributed by atoms with van der Waals surface area (Å²) < 4.78 is 5.32. The summed E-state index contributed by atoms with van der Waals surface area (Å²) in [4.78, 5) is 34.0. The van der Waals surface area contributed by atoms with E-state index in [1.807, 2.05) is 60.5 Å². The minimum atomic E-state index is -0.0586. The minimum Gasteiger partial charge on any atom is -0.338 e. The lowest BCUT2D eigenvalue weighted by atomic mass is 10.1. The van der Waals surface area contributed by atoms with Crippen LogP contribution in [0.25, 0.3) is 11.5 Å². The predicted molar refractivity (Wildman–Crippen MR) is 110 cm³/mol. The maximum Gasteiger partial charge on any atom is 0.264 e. The average Bonchev–Trinajstić information content (AvgIpc) is 3.39. The summed E-state index contributed by atoms with van der Waals surface area (Å²) in [5.41, 5.74) is 1.94. The minimum absolute atomic E-state index is 0.0283. The first-order valence-electron chi connectivity index (χ1n) is 9.53. The van der Waals surface area contributed by atoms with Crippen LogP contribution in [0.1, 0.15) is 28.0 Å². The Bertz CT molecular complexity index is 1010. The molecule has 0 radical (unpaired) electrons. The molecule has 2 aromatic heterocycles. The molecule has 7 nitrogen and oxygen atoms in total. The van der Waals surface area contributed by atoms with Crippen LogP contribution >= 0.6 is 11.3 Å². The molecule has 0 bridgehead atoms. The Morgan fingerprint density at radius 3 is 2.83 bits per heavy atom. The third-order valence-corrected chi connectivity index (χ3v) is 5.87. The van der Waals surface area contributed by atoms with Gasteiger partial charge in [0.1, 0.15) is 0 Å². The van der Waals surface area contributed by atoms with Gasteiger partial charge in [0, 0.05) is 31.2 Å². The molecule has 29 heavy (non-hydrogen) atoms. The van der Waals surface area contributed by atoms with E-state index in [0.29, 0.717) is 31.3 Å². The molecule has 0 unspecified atom stereocenters. The van der Waals surface area contributed by atoms with Crippen LogP contribution in [0.5, 0.6) is 0 Å². The van der Waals surface area contributed by atoms with Gasteiger partial charge in [0.25, 0.3) is 11.8 Å². The lowest BCUT2D eigenvalue weighted by Gasteiger charge is -2.39. The van der Waals surface area contributed by atoms with Gasteiger partial charge in [0.05, 0.1) is 11.3 Å². The van der Waals surface area contributed by atoms with Gasteiger partial charge in [0.2, 0.25) is 5.91 Å². The van der Waals surface area contributed by atoms with E-state index in [9.17, 15) is 9.59 Å². The Morgan fingerprint density at radius 2 is 2.10 bits per heavy atom. The van der Waals surface area contributed by atoms with Crippen molar-refractivity contribution >= 4 is 23.2 Å². The van der Waals surface area contributed by atoms with Crippen molar-refractivity contribution in [3.05, 3.63) is 58.0 Å². The van der Waals surface area contributed by atoms with E-state index in [4.69, 9.17) is 4.52 Å². The molecule has 1 aromatic carbocycles. The molecular formula is C21H22N4O3S. The van der Waals surface area contributed by atoms with Crippen molar-refractivity contribution in [2.75, 3.05) is 19.6 Å². The van der Waals surface area contributed by atoms with E-state index in [1.54, 1.807) is 4.90 Å². The van der Waals surface area contributed by atoms with Crippen LogP contribution < -0.4 is 0 Å². The van der Waals surface area contributed by atoms with E-state index < -0.39 is 0 Å². The van der Waals surface area contributed by atoms with Crippen LogP contribution in [-0.4, -0.2) is 57.4 Å². The smallest absolute Gasteiger partial charge is 0.264 e. The number of thiophene rings is 1. The molecule has 1 fully saturated rings. The molecule has 1 atom stereocenters. The van der Waals surface area contributed by atoms with Gasteiger partial charge in [-0.15, -0.1) is 11.3 Å². The number of nitrogens with zero attached hydrogens (tertiary/aromatic N) is 4. The van der Waals surface area contributed by atoms with Crippen LogP contribution in [0.15, 0.2) is 46.3 Å². The van der Waals surface area contributed by atoms with Crippen molar-refractivity contribution < 1.29 is 14.1 Å². The Labute approximate surface area is 172 Å². The quantitative estimate of drug-likeness (QED) is 0.661. The topological polar surface area (TPSA) is 79.5 Å². The van der Waals surface area contributed by atoms with Gasteiger partial charge in [-0.05, 0) is 37.4 Å². The Kier molecular flexibility index (Phi) is 5.44. The SMILES string of the molecule is Cc1cccc(-c2nc(CC(=O)N3CCN(C(=O)c4cccs4)[C@@H](C)C3)no2)c1. The van der Waals surface area contributed by atoms with E-state index in [-0.39, 0.29) is 24.3 Å². The fraction of sp³-hybridized carbons (Fsp3) is 0.333. The third kappa shape index (κ3) is 4.22. The summed E-state index contributed by atoms with van der Waals surface area (Å²) in [6.45, 7) is 5.48. The number of aryl methyl sites for hydroxylation is 1. The number of aromatic nitrogens is 2. The van der Waals surface area contributed by atoms with Crippen LogP contribution in [0.4, 0.5) is 0 Å². The molecule has 8 heteroatoms. The summed E-state index contributed by atoms with van der Waals surface area (Å²) in [5.74, 6) is 0.754. The number of carbonyl (C=O) groups is 2. The van der Waals surface area contributed by atoms with Crippen LogP contribution in [-0.2, 0) is 11.2 Å². The number of rotatable bonds is 4. The van der Waals surface area contributed by atoms with Gasteiger partial charge < -0.3 is 14.3 Å². The lowest BCUT2D eigenvalue weighted by molar-refractivity contribution is -0.133. The number of benzene rings is 1. The molecule has 0 aliphatic carbocycles. The molecular weight excluding hydrogens is 388 g/mol. The predicted octanol–water partition coefficient (Wildman–Crippen LogP) is 3.02. The van der Waals surface area contributed by atoms with Gasteiger partial charge in [-0.2, -0.15) is 4.98 Å². The number of hydrogen-bond acceptors (Lipinski definition) is 6. The molecule has 0 saturated carbocycles. The third-order valence-electron chi connectivity index (χ3n) is 5.02. The first kappa shape index (κ1) is 19.3. The first-order valence-corrected chi connectivity index (χ1v) is 10.4. The van der Waals surface area contributed by atoms with Crippen LogP contribution in [0.3, 0.4) is 0 Å². The molecule has 0 spiro atoms. The highest BCUT2D eigenvalue weighted by atomic mass is 32.1. The van der Waals surface area contributed by atoms with Gasteiger partial charge in [-0.25, -0.2) is 0 Å². The highest BCUT2D eigenvalue weighted by Crippen LogP contribution is 2.20. The van der Waals surface area contributed by atoms with E-state index in [1.165, 1.54) is 11.3 Å². The maximum atomic E-state index is 12.7. The Hall–Kier alpha value is -3.00. The van der Waals surface area contributed by atoms with Gasteiger partial charge in [-0.1, -0.05) is 28.9 Å². The van der Waals surface area contributed by atoms with Gasteiger partial charge in [-0.3, -0.25) is 9.59 Å². The molecule has 3 aromatic rings. The zero-order valence-corrected chi connectivity index (χ0v) is 17.2. The molecule has 2 amide bonds. The van der Waals surface area contributed by atoms with Crippen molar-refractivity contribution in [3.63, 3.8) is 0 Å². The number of carbonyl (C=O) groups excluding carboxylic acids is 2. The molecule has 150 valence electrons. The number of piperazine rings is 1. The highest BCUT2D eigenvalue weighted by molar-refractivity contribution is 7.12. The second kappa shape index (κ2) is 8.16. The lowest BCUT2D eigenvalue weighted by Crippen LogP contribution is -2.55. The Balaban J connectivity index is 1.37.